The summed E-state index contributed by atoms with van der Waals surface area (Å²) in [6.07, 6.45) is 4.62. The number of aromatic nitrogens is 2. The van der Waals surface area contributed by atoms with Gasteiger partial charge in [-0.15, -0.1) is 0 Å². The van der Waals surface area contributed by atoms with Gasteiger partial charge in [0.15, 0.2) is 0 Å². The molecule has 0 aliphatic carbocycles. The van der Waals surface area contributed by atoms with Crippen molar-refractivity contribution in [2.75, 3.05) is 6.54 Å². The molecule has 2 rings (SSSR count). The summed E-state index contributed by atoms with van der Waals surface area (Å²) in [6.45, 7) is 6.26. The third-order valence-corrected chi connectivity index (χ3v) is 2.85. The van der Waals surface area contributed by atoms with E-state index in [-0.39, 0.29) is 0 Å². The molecule has 0 atom stereocenters. The average Bonchev–Trinajstić information content (AvgIpc) is 2.42. The molecule has 0 aliphatic rings. The van der Waals surface area contributed by atoms with E-state index >= 15 is 0 Å². The van der Waals surface area contributed by atoms with Crippen LogP contribution in [0.5, 0.6) is 0 Å². The summed E-state index contributed by atoms with van der Waals surface area (Å²) in [5, 5.41) is 3.39. The first-order chi connectivity index (χ1) is 9.24. The molecule has 0 saturated carbocycles. The summed E-state index contributed by atoms with van der Waals surface area (Å²) in [5.41, 5.74) is 2.38. The van der Waals surface area contributed by atoms with Crippen LogP contribution in [0.4, 0.5) is 0 Å². The number of hydrogen-bond donors (Lipinski definition) is 1. The molecule has 100 valence electrons. The third-order valence-electron chi connectivity index (χ3n) is 2.85. The molecular weight excluding hydrogens is 234 g/mol. The smallest absolute Gasteiger partial charge is 0.132 e. The minimum Gasteiger partial charge on any atom is -0.312 e. The molecule has 0 saturated heterocycles. The highest BCUT2D eigenvalue weighted by atomic mass is 14.9. The fraction of sp³-hybridized carbons (Fsp3) is 0.375. The van der Waals surface area contributed by atoms with E-state index in [1.807, 2.05) is 30.6 Å². The van der Waals surface area contributed by atoms with Crippen LogP contribution in [0, 0.1) is 5.92 Å². The highest BCUT2D eigenvalue weighted by Crippen LogP contribution is 2.05. The van der Waals surface area contributed by atoms with Crippen LogP contribution in [0.3, 0.4) is 0 Å². The van der Waals surface area contributed by atoms with Crippen LogP contribution in [0.1, 0.15) is 30.8 Å². The molecule has 0 aliphatic heterocycles. The van der Waals surface area contributed by atoms with Crippen LogP contribution >= 0.6 is 0 Å². The second kappa shape index (κ2) is 7.00. The predicted octanol–water partition coefficient (Wildman–Crippen LogP) is 2.81. The molecule has 3 heteroatoms. The Morgan fingerprint density at radius 2 is 1.68 bits per heavy atom. The van der Waals surface area contributed by atoms with Crippen LogP contribution in [0.15, 0.2) is 42.7 Å². The van der Waals surface area contributed by atoms with E-state index in [2.05, 4.69) is 41.3 Å². The number of nitrogens with one attached hydrogen (secondary N) is 1. The van der Waals surface area contributed by atoms with Crippen molar-refractivity contribution in [2.24, 2.45) is 5.92 Å². The van der Waals surface area contributed by atoms with Crippen molar-refractivity contribution in [3.05, 3.63) is 59.7 Å². The lowest BCUT2D eigenvalue weighted by Crippen LogP contribution is -2.19. The van der Waals surface area contributed by atoms with Crippen molar-refractivity contribution in [1.82, 2.24) is 15.3 Å². The maximum absolute atomic E-state index is 4.42. The Bertz CT molecular complexity index is 477. The first-order valence-corrected chi connectivity index (χ1v) is 6.78. The van der Waals surface area contributed by atoms with Gasteiger partial charge >= 0.3 is 0 Å². The summed E-state index contributed by atoms with van der Waals surface area (Å²) < 4.78 is 0. The Hall–Kier alpha value is -1.74. The molecule has 19 heavy (non-hydrogen) atoms. The van der Waals surface area contributed by atoms with Crippen LogP contribution < -0.4 is 5.32 Å². The molecule has 0 radical (unpaired) electrons. The second-order valence-corrected chi connectivity index (χ2v) is 5.19. The minimum absolute atomic E-state index is 0.665. The largest absolute Gasteiger partial charge is 0.312 e. The Morgan fingerprint density at radius 1 is 1.00 bits per heavy atom. The zero-order chi connectivity index (χ0) is 13.5. The normalized spacial score (nSPS) is 10.9. The van der Waals surface area contributed by atoms with Crippen molar-refractivity contribution in [1.29, 1.82) is 0 Å². The Balaban J connectivity index is 1.88. The zero-order valence-corrected chi connectivity index (χ0v) is 11.6. The van der Waals surface area contributed by atoms with E-state index in [1.54, 1.807) is 0 Å². The fourth-order valence-electron chi connectivity index (χ4n) is 1.85. The van der Waals surface area contributed by atoms with Crippen molar-refractivity contribution in [3.63, 3.8) is 0 Å². The molecule has 3 nitrogen and oxygen atoms in total. The van der Waals surface area contributed by atoms with E-state index in [0.29, 0.717) is 5.92 Å². The van der Waals surface area contributed by atoms with Crippen molar-refractivity contribution in [2.45, 2.75) is 26.8 Å². The van der Waals surface area contributed by atoms with Crippen molar-refractivity contribution in [3.8, 4) is 0 Å². The van der Waals surface area contributed by atoms with E-state index in [9.17, 15) is 0 Å². The third kappa shape index (κ3) is 4.79. The van der Waals surface area contributed by atoms with E-state index < -0.39 is 0 Å². The summed E-state index contributed by atoms with van der Waals surface area (Å²) >= 11 is 0. The molecule has 1 heterocycles. The van der Waals surface area contributed by atoms with E-state index in [0.717, 1.165) is 30.9 Å². The summed E-state index contributed by atoms with van der Waals surface area (Å²) in [6, 6.07) is 10.3. The monoisotopic (exact) mass is 255 g/mol. The van der Waals surface area contributed by atoms with E-state index in [1.165, 1.54) is 5.56 Å². The van der Waals surface area contributed by atoms with Gasteiger partial charge in [-0.3, -0.25) is 0 Å². The van der Waals surface area contributed by atoms with Gasteiger partial charge in [-0.25, -0.2) is 9.97 Å². The predicted molar refractivity (Wildman–Crippen MR) is 77.8 cm³/mol. The van der Waals surface area contributed by atoms with Gasteiger partial charge in [-0.1, -0.05) is 44.2 Å². The van der Waals surface area contributed by atoms with E-state index in [4.69, 9.17) is 0 Å². The van der Waals surface area contributed by atoms with Crippen LogP contribution in [0.25, 0.3) is 0 Å². The van der Waals surface area contributed by atoms with Gasteiger partial charge in [0.2, 0.25) is 0 Å². The summed E-state index contributed by atoms with van der Waals surface area (Å²) in [4.78, 5) is 8.84. The lowest BCUT2D eigenvalue weighted by molar-refractivity contribution is 0.551. The highest BCUT2D eigenvalue weighted by molar-refractivity contribution is 5.19. The molecule has 0 spiro atoms. The second-order valence-electron chi connectivity index (χ2n) is 5.19. The molecule has 0 unspecified atom stereocenters. The standard InChI is InChI=1S/C16H21N3/c1-13(2)9-17-10-15-11-18-16(19-12-15)8-14-6-4-3-5-7-14/h3-7,11-13,17H,8-10H2,1-2H3. The quantitative estimate of drug-likeness (QED) is 0.862. The van der Waals surface area contributed by atoms with Crippen molar-refractivity contribution >= 4 is 0 Å². The van der Waals surface area contributed by atoms with Gasteiger partial charge in [0.05, 0.1) is 0 Å². The van der Waals surface area contributed by atoms with Gasteiger partial charge in [-0.05, 0) is 18.0 Å². The molecular formula is C16H21N3. The first-order valence-electron chi connectivity index (χ1n) is 6.78. The van der Waals surface area contributed by atoms with Gasteiger partial charge in [-0.2, -0.15) is 0 Å². The summed E-state index contributed by atoms with van der Waals surface area (Å²) in [7, 11) is 0. The maximum atomic E-state index is 4.42. The van der Waals surface area contributed by atoms with Gasteiger partial charge in [0, 0.05) is 30.9 Å². The lowest BCUT2D eigenvalue weighted by atomic mass is 10.1. The first kappa shape index (κ1) is 13.7. The molecule has 1 aromatic carbocycles. The summed E-state index contributed by atoms with van der Waals surface area (Å²) in [5.74, 6) is 1.54. The zero-order valence-electron chi connectivity index (χ0n) is 11.6. The Morgan fingerprint density at radius 3 is 2.32 bits per heavy atom. The Labute approximate surface area is 115 Å². The van der Waals surface area contributed by atoms with Crippen LogP contribution in [-0.2, 0) is 13.0 Å². The van der Waals surface area contributed by atoms with Gasteiger partial charge in [0.1, 0.15) is 5.82 Å². The molecule has 0 amide bonds. The molecule has 2 aromatic rings. The highest BCUT2D eigenvalue weighted by Gasteiger charge is 2.00. The topological polar surface area (TPSA) is 37.8 Å². The maximum Gasteiger partial charge on any atom is 0.132 e. The number of rotatable bonds is 6. The van der Waals surface area contributed by atoms with Gasteiger partial charge in [0.25, 0.3) is 0 Å². The fourth-order valence-corrected chi connectivity index (χ4v) is 1.85. The van der Waals surface area contributed by atoms with Gasteiger partial charge < -0.3 is 5.32 Å². The molecule has 0 bridgehead atoms. The molecule has 1 N–H and O–H groups in total. The number of hydrogen-bond acceptors (Lipinski definition) is 3. The minimum atomic E-state index is 0.665. The molecule has 1 aromatic heterocycles. The number of nitrogens with zero attached hydrogens (tertiary/aromatic N) is 2. The van der Waals surface area contributed by atoms with Crippen LogP contribution in [-0.4, -0.2) is 16.5 Å². The van der Waals surface area contributed by atoms with Crippen LogP contribution in [0.2, 0.25) is 0 Å². The van der Waals surface area contributed by atoms with Crippen molar-refractivity contribution < 1.29 is 0 Å². The average molecular weight is 255 g/mol. The molecule has 0 fully saturated rings. The lowest BCUT2D eigenvalue weighted by Gasteiger charge is -2.07. The number of benzene rings is 1. The Kier molecular flexibility index (Phi) is 5.04. The SMILES string of the molecule is CC(C)CNCc1cnc(Cc2ccccc2)nc1.